The maximum absolute atomic E-state index is 5.35. The molecule has 0 amide bonds. The van der Waals surface area contributed by atoms with Crippen LogP contribution >= 0.6 is 11.3 Å². The van der Waals surface area contributed by atoms with Gasteiger partial charge in [-0.3, -0.25) is 0 Å². The number of fused-ring (bicyclic) bond motifs is 7. The lowest BCUT2D eigenvalue weighted by Crippen LogP contribution is -2.04. The molecule has 4 nitrogen and oxygen atoms in total. The Morgan fingerprint density at radius 1 is 0.333 bits per heavy atom. The van der Waals surface area contributed by atoms with Crippen LogP contribution in [-0.2, 0) is 0 Å². The highest BCUT2D eigenvalue weighted by Crippen LogP contribution is 2.43. The van der Waals surface area contributed by atoms with E-state index < -0.39 is 0 Å². The van der Waals surface area contributed by atoms with Crippen molar-refractivity contribution in [1.29, 1.82) is 0 Å². The van der Waals surface area contributed by atoms with Gasteiger partial charge in [0.05, 0.1) is 16.7 Å². The molecule has 0 aliphatic rings. The van der Waals surface area contributed by atoms with Gasteiger partial charge in [-0.2, -0.15) is 0 Å². The molecule has 0 N–H and O–H groups in total. The van der Waals surface area contributed by atoms with Gasteiger partial charge >= 0.3 is 0 Å². The Kier molecular flexibility index (Phi) is 8.00. The van der Waals surface area contributed by atoms with Gasteiger partial charge in [0, 0.05) is 53.2 Å². The SMILES string of the molecule is c1ccc(-c2ccc(-c3nc(-c4ccccc4)nc(-c4ccc5c(-c6cccc7c6sc6ccccc67)cccc5c4)n3)c(-n3c4ccccc4c4ccccc43)c2)cc1. The van der Waals surface area contributed by atoms with Crippen LogP contribution in [-0.4, -0.2) is 19.5 Å². The van der Waals surface area contributed by atoms with Crippen molar-refractivity contribution in [1.82, 2.24) is 19.5 Å². The predicted octanol–water partition coefficient (Wildman–Crippen LogP) is 14.8. The molecule has 9 aromatic carbocycles. The van der Waals surface area contributed by atoms with Gasteiger partial charge in [0.25, 0.3) is 0 Å². The molecule has 0 saturated heterocycles. The lowest BCUT2D eigenvalue weighted by Gasteiger charge is -2.16. The third-order valence-electron chi connectivity index (χ3n) is 11.7. The van der Waals surface area contributed by atoms with Crippen LogP contribution in [0, 0.1) is 0 Å². The molecule has 280 valence electrons. The number of hydrogen-bond acceptors (Lipinski definition) is 4. The van der Waals surface area contributed by atoms with Crippen molar-refractivity contribution in [3.8, 4) is 62.1 Å². The lowest BCUT2D eigenvalue weighted by molar-refractivity contribution is 1.06. The minimum atomic E-state index is 0.612. The Hall–Kier alpha value is -7.73. The van der Waals surface area contributed by atoms with Crippen LogP contribution < -0.4 is 0 Å². The first kappa shape index (κ1) is 34.3. The first-order chi connectivity index (χ1) is 29.7. The van der Waals surface area contributed by atoms with Gasteiger partial charge in [-0.1, -0.05) is 170 Å². The fourth-order valence-electron chi connectivity index (χ4n) is 8.86. The average molecular weight is 783 g/mol. The molecular formula is C55H34N4S. The molecular weight excluding hydrogens is 749 g/mol. The fourth-order valence-corrected chi connectivity index (χ4v) is 10.1. The van der Waals surface area contributed by atoms with E-state index in [1.165, 1.54) is 47.5 Å². The Labute approximate surface area is 350 Å². The van der Waals surface area contributed by atoms with Crippen LogP contribution in [0.1, 0.15) is 0 Å². The van der Waals surface area contributed by atoms with Crippen LogP contribution in [0.4, 0.5) is 0 Å². The minimum absolute atomic E-state index is 0.612. The molecule has 3 aromatic heterocycles. The van der Waals surface area contributed by atoms with Crippen molar-refractivity contribution in [2.24, 2.45) is 0 Å². The van der Waals surface area contributed by atoms with E-state index >= 15 is 0 Å². The van der Waals surface area contributed by atoms with Gasteiger partial charge in [-0.25, -0.2) is 15.0 Å². The second-order valence-electron chi connectivity index (χ2n) is 15.2. The van der Waals surface area contributed by atoms with Crippen LogP contribution in [0.15, 0.2) is 206 Å². The van der Waals surface area contributed by atoms with E-state index in [0.717, 1.165) is 49.9 Å². The van der Waals surface area contributed by atoms with E-state index in [1.807, 2.05) is 29.5 Å². The number of rotatable bonds is 6. The largest absolute Gasteiger partial charge is 0.308 e. The Bertz CT molecular complexity index is 3550. The second-order valence-corrected chi connectivity index (χ2v) is 16.2. The van der Waals surface area contributed by atoms with Gasteiger partial charge in [-0.05, 0) is 63.9 Å². The molecule has 12 rings (SSSR count). The number of para-hydroxylation sites is 2. The van der Waals surface area contributed by atoms with Gasteiger partial charge in [0.15, 0.2) is 17.5 Å². The van der Waals surface area contributed by atoms with Crippen molar-refractivity contribution in [2.45, 2.75) is 0 Å². The Balaban J connectivity index is 1.07. The molecule has 5 heteroatoms. The van der Waals surface area contributed by atoms with Crippen molar-refractivity contribution >= 4 is 64.1 Å². The van der Waals surface area contributed by atoms with E-state index in [1.54, 1.807) is 0 Å². The van der Waals surface area contributed by atoms with Crippen molar-refractivity contribution in [3.63, 3.8) is 0 Å². The maximum atomic E-state index is 5.35. The summed E-state index contributed by atoms with van der Waals surface area (Å²) >= 11 is 1.86. The summed E-state index contributed by atoms with van der Waals surface area (Å²) in [6, 6.07) is 73.3. The summed E-state index contributed by atoms with van der Waals surface area (Å²) in [5.74, 6) is 1.86. The van der Waals surface area contributed by atoms with E-state index in [9.17, 15) is 0 Å². The predicted molar refractivity (Wildman–Crippen MR) is 252 cm³/mol. The normalized spacial score (nSPS) is 11.7. The monoisotopic (exact) mass is 782 g/mol. The van der Waals surface area contributed by atoms with Gasteiger partial charge in [-0.15, -0.1) is 11.3 Å². The lowest BCUT2D eigenvalue weighted by atomic mass is 9.95. The Morgan fingerprint density at radius 3 is 1.68 bits per heavy atom. The number of benzene rings is 9. The Morgan fingerprint density at radius 2 is 0.917 bits per heavy atom. The minimum Gasteiger partial charge on any atom is -0.308 e. The van der Waals surface area contributed by atoms with Crippen molar-refractivity contribution in [3.05, 3.63) is 206 Å². The highest BCUT2D eigenvalue weighted by Gasteiger charge is 2.21. The van der Waals surface area contributed by atoms with Gasteiger partial charge in [0.2, 0.25) is 0 Å². The molecule has 3 heterocycles. The standard InChI is InChI=1S/C55H34N4S/c1-3-15-35(16-4-1)37-29-32-47(50(34-37)59-48-26-10-7-20-42(48)43-21-8-11-27-49(43)59)55-57-53(36-17-5-2-6-18-36)56-54(58-55)39-30-31-40-38(33-39)19-13-23-41(40)45-24-14-25-46-44-22-9-12-28-51(44)60-52(45)46/h1-34H. The molecule has 0 unspecified atom stereocenters. The topological polar surface area (TPSA) is 43.6 Å². The first-order valence-corrected chi connectivity index (χ1v) is 21.0. The van der Waals surface area contributed by atoms with E-state index in [4.69, 9.17) is 15.0 Å². The first-order valence-electron chi connectivity index (χ1n) is 20.2. The zero-order valence-electron chi connectivity index (χ0n) is 32.3. The molecule has 0 bridgehead atoms. The highest BCUT2D eigenvalue weighted by atomic mass is 32.1. The third kappa shape index (κ3) is 5.63. The summed E-state index contributed by atoms with van der Waals surface area (Å²) in [5, 5.41) is 7.32. The van der Waals surface area contributed by atoms with Crippen molar-refractivity contribution in [2.75, 3.05) is 0 Å². The molecule has 0 spiro atoms. The second kappa shape index (κ2) is 14.0. The summed E-state index contributed by atoms with van der Waals surface area (Å²) < 4.78 is 4.98. The molecule has 0 radical (unpaired) electrons. The molecule has 0 atom stereocenters. The molecule has 60 heavy (non-hydrogen) atoms. The van der Waals surface area contributed by atoms with Crippen LogP contribution in [0.2, 0.25) is 0 Å². The summed E-state index contributed by atoms with van der Waals surface area (Å²) in [6.07, 6.45) is 0. The van der Waals surface area contributed by atoms with Gasteiger partial charge < -0.3 is 4.57 Å². The smallest absolute Gasteiger partial charge is 0.166 e. The molecule has 0 aliphatic heterocycles. The van der Waals surface area contributed by atoms with Crippen molar-refractivity contribution < 1.29 is 0 Å². The third-order valence-corrected chi connectivity index (χ3v) is 12.9. The zero-order chi connectivity index (χ0) is 39.6. The molecule has 0 saturated carbocycles. The van der Waals surface area contributed by atoms with Crippen LogP contribution in [0.25, 0.3) is 115 Å². The summed E-state index contributed by atoms with van der Waals surface area (Å²) in [4.78, 5) is 15.8. The summed E-state index contributed by atoms with van der Waals surface area (Å²) in [6.45, 7) is 0. The molecule has 12 aromatic rings. The maximum Gasteiger partial charge on any atom is 0.166 e. The quantitative estimate of drug-likeness (QED) is 0.169. The average Bonchev–Trinajstić information content (AvgIpc) is 3.87. The number of aromatic nitrogens is 4. The zero-order valence-corrected chi connectivity index (χ0v) is 33.1. The van der Waals surface area contributed by atoms with Crippen LogP contribution in [0.3, 0.4) is 0 Å². The van der Waals surface area contributed by atoms with Crippen LogP contribution in [0.5, 0.6) is 0 Å². The summed E-state index contributed by atoms with van der Waals surface area (Å²) in [5.41, 5.74) is 10.8. The summed E-state index contributed by atoms with van der Waals surface area (Å²) in [7, 11) is 0. The molecule has 0 aliphatic carbocycles. The van der Waals surface area contributed by atoms with E-state index in [-0.39, 0.29) is 0 Å². The number of hydrogen-bond donors (Lipinski definition) is 0. The van der Waals surface area contributed by atoms with E-state index in [0.29, 0.717) is 17.5 Å². The highest BCUT2D eigenvalue weighted by molar-refractivity contribution is 7.26. The fraction of sp³-hybridized carbons (Fsp3) is 0. The molecule has 0 fully saturated rings. The number of nitrogens with zero attached hydrogens (tertiary/aromatic N) is 4. The van der Waals surface area contributed by atoms with E-state index in [2.05, 4.69) is 193 Å². The number of thiophene rings is 1. The van der Waals surface area contributed by atoms with Gasteiger partial charge in [0.1, 0.15) is 0 Å².